The minimum atomic E-state index is -3.66. The summed E-state index contributed by atoms with van der Waals surface area (Å²) in [6.45, 7) is 8.85. The third kappa shape index (κ3) is 4.72. The Hall–Kier alpha value is -1.05. The maximum Gasteiger partial charge on any atom is 0.245 e. The number of aromatic nitrogens is 1. The van der Waals surface area contributed by atoms with Crippen molar-refractivity contribution in [1.29, 1.82) is 0 Å². The lowest BCUT2D eigenvalue weighted by atomic mass is 10.2. The predicted octanol–water partition coefficient (Wildman–Crippen LogP) is 2.02. The molecule has 0 aromatic carbocycles. The number of hydrogen-bond donors (Lipinski definition) is 1. The van der Waals surface area contributed by atoms with Gasteiger partial charge in [0.05, 0.1) is 0 Å². The molecule has 0 unspecified atom stereocenters. The molecule has 21 heavy (non-hydrogen) atoms. The van der Waals surface area contributed by atoms with Gasteiger partial charge in [0.2, 0.25) is 10.0 Å². The largest absolute Gasteiger partial charge is 0.388 e. The van der Waals surface area contributed by atoms with E-state index in [0.29, 0.717) is 13.1 Å². The first-order valence-corrected chi connectivity index (χ1v) is 8.76. The Balaban J connectivity index is 3.32. The molecule has 0 aliphatic heterocycles. The first kappa shape index (κ1) is 18.0. The maximum atomic E-state index is 12.9. The average Bonchev–Trinajstić information content (AvgIpc) is 2.36. The van der Waals surface area contributed by atoms with Crippen LogP contribution in [0.4, 0.5) is 0 Å². The van der Waals surface area contributed by atoms with Gasteiger partial charge in [-0.25, -0.2) is 8.42 Å². The van der Waals surface area contributed by atoms with E-state index in [0.717, 1.165) is 0 Å². The molecular weight excluding hydrogens is 306 g/mol. The average molecular weight is 329 g/mol. The van der Waals surface area contributed by atoms with Crippen molar-refractivity contribution < 1.29 is 8.42 Å². The minimum absolute atomic E-state index is 0.0109. The molecule has 1 heterocycles. The predicted molar refractivity (Wildman–Crippen MR) is 88.6 cm³/mol. The molecule has 1 rings (SSSR count). The van der Waals surface area contributed by atoms with Gasteiger partial charge in [-0.15, -0.1) is 0 Å². The monoisotopic (exact) mass is 329 g/mol. The summed E-state index contributed by atoms with van der Waals surface area (Å²) in [7, 11) is -3.66. The van der Waals surface area contributed by atoms with Crippen molar-refractivity contribution in [3.05, 3.63) is 24.0 Å². The van der Waals surface area contributed by atoms with Crippen molar-refractivity contribution >= 4 is 27.2 Å². The van der Waals surface area contributed by atoms with E-state index in [9.17, 15) is 8.42 Å². The summed E-state index contributed by atoms with van der Waals surface area (Å²) in [6.07, 6.45) is 1.49. The van der Waals surface area contributed by atoms with Crippen LogP contribution >= 0.6 is 12.2 Å². The standard InChI is InChI=1S/C14H23N3O2S2/c1-10(2)8-17(9-11(3)4)21(18,19)12-6-5-7-16-13(12)14(15)20/h5-7,10-11H,8-9H2,1-4H3,(H2,15,20). The fourth-order valence-corrected chi connectivity index (χ4v) is 4.16. The van der Waals surface area contributed by atoms with E-state index in [2.05, 4.69) is 4.98 Å². The Morgan fingerprint density at radius 3 is 2.24 bits per heavy atom. The van der Waals surface area contributed by atoms with Crippen LogP contribution in [-0.2, 0) is 10.0 Å². The zero-order valence-corrected chi connectivity index (χ0v) is 14.5. The number of pyridine rings is 1. The van der Waals surface area contributed by atoms with Crippen molar-refractivity contribution in [3.8, 4) is 0 Å². The molecule has 1 aromatic rings. The van der Waals surface area contributed by atoms with Crippen LogP contribution in [0, 0.1) is 11.8 Å². The second-order valence-electron chi connectivity index (χ2n) is 5.82. The number of thiocarbonyl (C=S) groups is 1. The number of nitrogens with zero attached hydrogens (tertiary/aromatic N) is 2. The highest BCUT2D eigenvalue weighted by Gasteiger charge is 2.29. The molecule has 5 nitrogen and oxygen atoms in total. The molecule has 118 valence electrons. The zero-order valence-electron chi connectivity index (χ0n) is 12.9. The third-order valence-electron chi connectivity index (χ3n) is 2.76. The summed E-state index contributed by atoms with van der Waals surface area (Å²) in [4.78, 5) is 4.08. The molecule has 0 fully saturated rings. The van der Waals surface area contributed by atoms with Crippen LogP contribution in [-0.4, -0.2) is 35.8 Å². The van der Waals surface area contributed by atoms with E-state index < -0.39 is 10.0 Å². The molecule has 0 amide bonds. The Kier molecular flexibility index (Phi) is 6.24. The van der Waals surface area contributed by atoms with E-state index in [1.165, 1.54) is 16.6 Å². The second kappa shape index (κ2) is 7.29. The molecule has 2 N–H and O–H groups in total. The smallest absolute Gasteiger partial charge is 0.245 e. The lowest BCUT2D eigenvalue weighted by Crippen LogP contribution is -2.38. The summed E-state index contributed by atoms with van der Waals surface area (Å²) in [6, 6.07) is 3.09. The van der Waals surface area contributed by atoms with Crippen LogP contribution in [0.3, 0.4) is 0 Å². The van der Waals surface area contributed by atoms with Gasteiger partial charge < -0.3 is 5.73 Å². The third-order valence-corrected chi connectivity index (χ3v) is 4.82. The summed E-state index contributed by atoms with van der Waals surface area (Å²) in [5.41, 5.74) is 5.76. The van der Waals surface area contributed by atoms with Crippen LogP contribution in [0.25, 0.3) is 0 Å². The molecular formula is C14H23N3O2S2. The molecule has 0 saturated heterocycles. The van der Waals surface area contributed by atoms with Gasteiger partial charge in [0.15, 0.2) is 0 Å². The summed E-state index contributed by atoms with van der Waals surface area (Å²) in [5.74, 6) is 0.451. The fourth-order valence-electron chi connectivity index (χ4n) is 2.01. The van der Waals surface area contributed by atoms with E-state index in [4.69, 9.17) is 18.0 Å². The van der Waals surface area contributed by atoms with Gasteiger partial charge in [-0.1, -0.05) is 39.9 Å². The molecule has 0 saturated carbocycles. The van der Waals surface area contributed by atoms with Crippen LogP contribution in [0.2, 0.25) is 0 Å². The molecule has 7 heteroatoms. The van der Waals surface area contributed by atoms with Crippen molar-refractivity contribution in [2.45, 2.75) is 32.6 Å². The van der Waals surface area contributed by atoms with Crippen molar-refractivity contribution in [2.75, 3.05) is 13.1 Å². The fraction of sp³-hybridized carbons (Fsp3) is 0.571. The first-order chi connectivity index (χ1) is 9.66. The summed E-state index contributed by atoms with van der Waals surface area (Å²) < 4.78 is 27.3. The molecule has 0 aliphatic carbocycles. The van der Waals surface area contributed by atoms with Gasteiger partial charge in [-0.05, 0) is 24.0 Å². The van der Waals surface area contributed by atoms with Crippen LogP contribution in [0.1, 0.15) is 33.4 Å². The van der Waals surface area contributed by atoms with Gasteiger partial charge in [0, 0.05) is 19.3 Å². The minimum Gasteiger partial charge on any atom is -0.388 e. The number of rotatable bonds is 7. The van der Waals surface area contributed by atoms with Crippen LogP contribution in [0.15, 0.2) is 23.2 Å². The highest BCUT2D eigenvalue weighted by molar-refractivity contribution is 7.89. The van der Waals surface area contributed by atoms with E-state index in [-0.39, 0.29) is 27.4 Å². The maximum absolute atomic E-state index is 12.9. The number of hydrogen-bond acceptors (Lipinski definition) is 4. The SMILES string of the molecule is CC(C)CN(CC(C)C)S(=O)(=O)c1cccnc1C(N)=S. The summed E-state index contributed by atoms with van der Waals surface area (Å²) >= 11 is 4.91. The van der Waals surface area contributed by atoms with Crippen LogP contribution < -0.4 is 5.73 Å². The first-order valence-electron chi connectivity index (χ1n) is 6.91. The van der Waals surface area contributed by atoms with E-state index in [1.807, 2.05) is 27.7 Å². The zero-order chi connectivity index (χ0) is 16.2. The van der Waals surface area contributed by atoms with Gasteiger partial charge in [-0.3, -0.25) is 4.98 Å². The van der Waals surface area contributed by atoms with Crippen LogP contribution in [0.5, 0.6) is 0 Å². The van der Waals surface area contributed by atoms with E-state index in [1.54, 1.807) is 6.07 Å². The second-order valence-corrected chi connectivity index (χ2v) is 8.17. The Bertz CT molecular complexity index is 588. The quantitative estimate of drug-likeness (QED) is 0.775. The lowest BCUT2D eigenvalue weighted by molar-refractivity contribution is 0.333. The van der Waals surface area contributed by atoms with E-state index >= 15 is 0 Å². The van der Waals surface area contributed by atoms with Gasteiger partial charge >= 0.3 is 0 Å². The number of nitrogens with two attached hydrogens (primary N) is 1. The Morgan fingerprint density at radius 1 is 1.29 bits per heavy atom. The van der Waals surface area contributed by atoms with Gasteiger partial charge in [0.1, 0.15) is 15.6 Å². The lowest BCUT2D eigenvalue weighted by Gasteiger charge is -2.26. The van der Waals surface area contributed by atoms with Gasteiger partial charge in [-0.2, -0.15) is 4.31 Å². The van der Waals surface area contributed by atoms with Gasteiger partial charge in [0.25, 0.3) is 0 Å². The van der Waals surface area contributed by atoms with Crippen molar-refractivity contribution in [3.63, 3.8) is 0 Å². The van der Waals surface area contributed by atoms with Crippen molar-refractivity contribution in [1.82, 2.24) is 9.29 Å². The normalized spacial score (nSPS) is 12.3. The Labute approximate surface area is 132 Å². The highest BCUT2D eigenvalue weighted by Crippen LogP contribution is 2.21. The molecule has 1 aromatic heterocycles. The molecule has 0 bridgehead atoms. The topological polar surface area (TPSA) is 76.3 Å². The van der Waals surface area contributed by atoms with Crippen molar-refractivity contribution in [2.24, 2.45) is 17.6 Å². The molecule has 0 radical (unpaired) electrons. The Morgan fingerprint density at radius 2 is 1.81 bits per heavy atom. The summed E-state index contributed by atoms with van der Waals surface area (Å²) in [5, 5.41) is 0. The highest BCUT2D eigenvalue weighted by atomic mass is 32.2. The molecule has 0 aliphatic rings. The molecule has 0 spiro atoms. The number of sulfonamides is 1. The molecule has 0 atom stereocenters.